The number of nitrogens with one attached hydrogen (secondary N) is 2. The number of benzene rings is 1. The van der Waals surface area contributed by atoms with Gasteiger partial charge in [-0.1, -0.05) is 25.1 Å². The van der Waals surface area contributed by atoms with Crippen molar-refractivity contribution in [2.75, 3.05) is 17.2 Å². The molecule has 2 aromatic rings. The Morgan fingerprint density at radius 2 is 1.74 bits per heavy atom. The molecule has 1 aromatic carbocycles. The first-order valence-corrected chi connectivity index (χ1v) is 6.60. The summed E-state index contributed by atoms with van der Waals surface area (Å²) >= 11 is 0. The molecule has 4 nitrogen and oxygen atoms in total. The maximum atomic E-state index is 4.26. The van der Waals surface area contributed by atoms with Gasteiger partial charge in [0.05, 0.1) is 0 Å². The molecule has 100 valence electrons. The Bertz CT molecular complexity index is 531. The van der Waals surface area contributed by atoms with Gasteiger partial charge in [0.25, 0.3) is 0 Å². The summed E-state index contributed by atoms with van der Waals surface area (Å²) in [7, 11) is 0. The molecule has 0 aliphatic heterocycles. The molecule has 1 heterocycles. The van der Waals surface area contributed by atoms with Gasteiger partial charge in [-0.25, -0.2) is 9.97 Å². The molecular weight excluding hydrogens is 236 g/mol. The Labute approximate surface area is 114 Å². The summed E-state index contributed by atoms with van der Waals surface area (Å²) in [5, 5.41) is 6.62. The lowest BCUT2D eigenvalue weighted by Crippen LogP contribution is -2.04. The van der Waals surface area contributed by atoms with E-state index in [4.69, 9.17) is 0 Å². The number of para-hydroxylation sites is 1. The smallest absolute Gasteiger partial charge is 0.135 e. The minimum Gasteiger partial charge on any atom is -0.370 e. The number of anilines is 3. The van der Waals surface area contributed by atoms with E-state index in [1.54, 1.807) is 6.33 Å². The Morgan fingerprint density at radius 1 is 1.05 bits per heavy atom. The zero-order valence-electron chi connectivity index (χ0n) is 11.7. The fraction of sp³-hybridized carbons (Fsp3) is 0.333. The SMILES string of the molecule is CCCNc1cc(Nc2c(C)cccc2C)ncn1. The molecular formula is C15H20N4. The van der Waals surface area contributed by atoms with Crippen LogP contribution >= 0.6 is 0 Å². The van der Waals surface area contributed by atoms with Gasteiger partial charge in [0.15, 0.2) is 0 Å². The Hall–Kier alpha value is -2.10. The summed E-state index contributed by atoms with van der Waals surface area (Å²) in [5.41, 5.74) is 3.53. The van der Waals surface area contributed by atoms with Gasteiger partial charge in [-0.2, -0.15) is 0 Å². The summed E-state index contributed by atoms with van der Waals surface area (Å²) < 4.78 is 0. The lowest BCUT2D eigenvalue weighted by atomic mass is 10.1. The van der Waals surface area contributed by atoms with Gasteiger partial charge in [0.2, 0.25) is 0 Å². The van der Waals surface area contributed by atoms with Crippen LogP contribution in [-0.4, -0.2) is 16.5 Å². The molecule has 0 radical (unpaired) electrons. The van der Waals surface area contributed by atoms with Crippen molar-refractivity contribution in [1.29, 1.82) is 0 Å². The standard InChI is InChI=1S/C15H20N4/c1-4-8-16-13-9-14(18-10-17-13)19-15-11(2)6-5-7-12(15)3/h5-7,9-10H,4,8H2,1-3H3,(H2,16,17,18,19). The molecule has 0 unspecified atom stereocenters. The average molecular weight is 256 g/mol. The first-order chi connectivity index (χ1) is 9.20. The molecule has 2 rings (SSSR count). The van der Waals surface area contributed by atoms with Crippen molar-refractivity contribution in [3.05, 3.63) is 41.7 Å². The molecule has 19 heavy (non-hydrogen) atoms. The van der Waals surface area contributed by atoms with Gasteiger partial charge < -0.3 is 10.6 Å². The van der Waals surface area contributed by atoms with Crippen LogP contribution < -0.4 is 10.6 Å². The van der Waals surface area contributed by atoms with Gasteiger partial charge >= 0.3 is 0 Å². The van der Waals surface area contributed by atoms with E-state index in [9.17, 15) is 0 Å². The summed E-state index contributed by atoms with van der Waals surface area (Å²) in [6.07, 6.45) is 2.65. The topological polar surface area (TPSA) is 49.8 Å². The van der Waals surface area contributed by atoms with Crippen LogP contribution in [0.1, 0.15) is 24.5 Å². The monoisotopic (exact) mass is 256 g/mol. The van der Waals surface area contributed by atoms with Crippen molar-refractivity contribution in [3.8, 4) is 0 Å². The van der Waals surface area contributed by atoms with E-state index in [1.807, 2.05) is 6.07 Å². The quantitative estimate of drug-likeness (QED) is 0.857. The van der Waals surface area contributed by atoms with Gasteiger partial charge in [0.1, 0.15) is 18.0 Å². The highest BCUT2D eigenvalue weighted by molar-refractivity contribution is 5.65. The first kappa shape index (κ1) is 13.3. The zero-order chi connectivity index (χ0) is 13.7. The lowest BCUT2D eigenvalue weighted by Gasteiger charge is -2.12. The fourth-order valence-corrected chi connectivity index (χ4v) is 1.92. The average Bonchev–Trinajstić information content (AvgIpc) is 2.41. The molecule has 0 saturated heterocycles. The lowest BCUT2D eigenvalue weighted by molar-refractivity contribution is 0.965. The van der Waals surface area contributed by atoms with E-state index in [-0.39, 0.29) is 0 Å². The Balaban J connectivity index is 2.19. The largest absolute Gasteiger partial charge is 0.370 e. The Kier molecular flexibility index (Phi) is 4.34. The van der Waals surface area contributed by atoms with Crippen molar-refractivity contribution >= 4 is 17.3 Å². The van der Waals surface area contributed by atoms with Crippen LogP contribution in [0.2, 0.25) is 0 Å². The van der Waals surface area contributed by atoms with Crippen LogP contribution in [0.3, 0.4) is 0 Å². The van der Waals surface area contributed by atoms with Gasteiger partial charge in [-0.05, 0) is 31.4 Å². The van der Waals surface area contributed by atoms with Crippen molar-refractivity contribution in [1.82, 2.24) is 9.97 Å². The molecule has 0 aliphatic carbocycles. The highest BCUT2D eigenvalue weighted by Crippen LogP contribution is 2.23. The highest BCUT2D eigenvalue weighted by atomic mass is 15.1. The zero-order valence-corrected chi connectivity index (χ0v) is 11.7. The second-order valence-corrected chi connectivity index (χ2v) is 4.61. The van der Waals surface area contributed by atoms with Crippen LogP contribution in [0.25, 0.3) is 0 Å². The highest BCUT2D eigenvalue weighted by Gasteiger charge is 2.04. The molecule has 4 heteroatoms. The predicted octanol–water partition coefficient (Wildman–Crippen LogP) is 3.66. The van der Waals surface area contributed by atoms with Crippen molar-refractivity contribution in [2.24, 2.45) is 0 Å². The van der Waals surface area contributed by atoms with E-state index >= 15 is 0 Å². The fourth-order valence-electron chi connectivity index (χ4n) is 1.92. The summed E-state index contributed by atoms with van der Waals surface area (Å²) in [6, 6.07) is 8.17. The third kappa shape index (κ3) is 3.44. The first-order valence-electron chi connectivity index (χ1n) is 6.60. The predicted molar refractivity (Wildman–Crippen MR) is 80.0 cm³/mol. The second kappa shape index (κ2) is 6.18. The molecule has 0 bridgehead atoms. The molecule has 0 aliphatic rings. The maximum Gasteiger partial charge on any atom is 0.135 e. The van der Waals surface area contributed by atoms with E-state index < -0.39 is 0 Å². The third-order valence-corrected chi connectivity index (χ3v) is 2.96. The number of hydrogen-bond donors (Lipinski definition) is 2. The summed E-state index contributed by atoms with van der Waals surface area (Å²) in [5.74, 6) is 1.66. The van der Waals surface area contributed by atoms with Crippen LogP contribution in [0, 0.1) is 13.8 Å². The van der Waals surface area contributed by atoms with Crippen LogP contribution in [0.5, 0.6) is 0 Å². The van der Waals surface area contributed by atoms with Crippen molar-refractivity contribution in [2.45, 2.75) is 27.2 Å². The second-order valence-electron chi connectivity index (χ2n) is 4.61. The maximum absolute atomic E-state index is 4.26. The number of nitrogens with zero attached hydrogens (tertiary/aromatic N) is 2. The molecule has 0 spiro atoms. The molecule has 2 N–H and O–H groups in total. The van der Waals surface area contributed by atoms with Crippen LogP contribution in [0.4, 0.5) is 17.3 Å². The summed E-state index contributed by atoms with van der Waals surface area (Å²) in [4.78, 5) is 8.46. The molecule has 0 saturated carbocycles. The number of aryl methyl sites for hydroxylation is 2. The van der Waals surface area contributed by atoms with E-state index in [0.29, 0.717) is 0 Å². The molecule has 0 amide bonds. The number of hydrogen-bond acceptors (Lipinski definition) is 4. The third-order valence-electron chi connectivity index (χ3n) is 2.96. The van der Waals surface area contributed by atoms with Gasteiger partial charge in [-0.3, -0.25) is 0 Å². The van der Waals surface area contributed by atoms with Crippen LogP contribution in [0.15, 0.2) is 30.6 Å². The minimum absolute atomic E-state index is 0.811. The summed E-state index contributed by atoms with van der Waals surface area (Å²) in [6.45, 7) is 7.23. The molecule has 1 aromatic heterocycles. The molecule has 0 fully saturated rings. The van der Waals surface area contributed by atoms with E-state index in [2.05, 4.69) is 59.6 Å². The number of aromatic nitrogens is 2. The van der Waals surface area contributed by atoms with Crippen molar-refractivity contribution < 1.29 is 0 Å². The Morgan fingerprint density at radius 3 is 2.42 bits per heavy atom. The van der Waals surface area contributed by atoms with E-state index in [1.165, 1.54) is 11.1 Å². The normalized spacial score (nSPS) is 10.3. The van der Waals surface area contributed by atoms with Gasteiger partial charge in [-0.15, -0.1) is 0 Å². The molecule has 0 atom stereocenters. The van der Waals surface area contributed by atoms with E-state index in [0.717, 1.165) is 30.3 Å². The minimum atomic E-state index is 0.811. The number of rotatable bonds is 5. The van der Waals surface area contributed by atoms with Crippen LogP contribution in [-0.2, 0) is 0 Å². The van der Waals surface area contributed by atoms with Gasteiger partial charge in [0, 0.05) is 18.3 Å². The van der Waals surface area contributed by atoms with Crippen molar-refractivity contribution in [3.63, 3.8) is 0 Å².